The molecular weight excluding hydrogens is 320 g/mol. The van der Waals surface area contributed by atoms with Gasteiger partial charge in [0.2, 0.25) is 0 Å². The largest absolute Gasteiger partial charge is 0.448 e. The van der Waals surface area contributed by atoms with Gasteiger partial charge in [0, 0.05) is 18.5 Å². The summed E-state index contributed by atoms with van der Waals surface area (Å²) in [6, 6.07) is 3.90. The van der Waals surface area contributed by atoms with Crippen LogP contribution in [-0.2, 0) is 9.53 Å². The molecule has 0 saturated carbocycles. The van der Waals surface area contributed by atoms with Gasteiger partial charge in [-0.15, -0.1) is 22.7 Å². The Balaban J connectivity index is 1.63. The Kier molecular flexibility index (Phi) is 4.54. The van der Waals surface area contributed by atoms with E-state index in [2.05, 4.69) is 4.98 Å². The fourth-order valence-electron chi connectivity index (χ4n) is 2.35. The number of carbonyl (C=O) groups is 2. The first-order valence-corrected chi connectivity index (χ1v) is 8.90. The van der Waals surface area contributed by atoms with E-state index in [1.54, 1.807) is 28.5 Å². The molecule has 5 nitrogen and oxygen atoms in total. The van der Waals surface area contributed by atoms with Crippen molar-refractivity contribution in [1.82, 2.24) is 9.88 Å². The number of ether oxygens (including phenoxy) is 1. The van der Waals surface area contributed by atoms with Crippen molar-refractivity contribution in [3.05, 3.63) is 28.6 Å². The zero-order chi connectivity index (χ0) is 15.5. The lowest BCUT2D eigenvalue weighted by Gasteiger charge is -2.19. The van der Waals surface area contributed by atoms with E-state index in [0.29, 0.717) is 0 Å². The molecule has 7 heteroatoms. The van der Waals surface area contributed by atoms with Gasteiger partial charge < -0.3 is 9.64 Å². The molecule has 1 amide bonds. The zero-order valence-corrected chi connectivity index (χ0v) is 13.8. The number of likely N-dealkylation sites (tertiary alicyclic amines) is 1. The summed E-state index contributed by atoms with van der Waals surface area (Å²) in [5, 5.41) is 4.43. The maximum absolute atomic E-state index is 12.1. The Labute approximate surface area is 136 Å². The minimum atomic E-state index is -0.766. The van der Waals surface area contributed by atoms with Crippen molar-refractivity contribution in [3.63, 3.8) is 0 Å². The molecule has 1 atom stereocenters. The molecule has 3 rings (SSSR count). The van der Waals surface area contributed by atoms with Crippen molar-refractivity contribution < 1.29 is 14.3 Å². The molecule has 0 aliphatic carbocycles. The topological polar surface area (TPSA) is 59.5 Å². The van der Waals surface area contributed by atoms with E-state index in [4.69, 9.17) is 4.74 Å². The molecule has 3 heterocycles. The van der Waals surface area contributed by atoms with Crippen molar-refractivity contribution in [2.45, 2.75) is 25.9 Å². The van der Waals surface area contributed by atoms with Crippen molar-refractivity contribution in [1.29, 1.82) is 0 Å². The van der Waals surface area contributed by atoms with E-state index in [0.717, 1.165) is 35.8 Å². The van der Waals surface area contributed by atoms with Crippen LogP contribution in [0.1, 0.15) is 30.3 Å². The highest BCUT2D eigenvalue weighted by molar-refractivity contribution is 7.20. The second-order valence-corrected chi connectivity index (χ2v) is 6.90. The molecule has 0 radical (unpaired) electrons. The standard InChI is InChI=1S/C15H16N2O3S2/c1-10(14(18)17-6-2-3-7-17)20-15(19)11-9-22-13(16-11)12-5-4-8-21-12/h4-5,8-10H,2-3,6-7H2,1H3/t10-/m1/s1. The quantitative estimate of drug-likeness (QED) is 0.805. The summed E-state index contributed by atoms with van der Waals surface area (Å²) in [6.07, 6.45) is 1.27. The monoisotopic (exact) mass is 336 g/mol. The Hall–Kier alpha value is -1.73. The molecule has 0 spiro atoms. The summed E-state index contributed by atoms with van der Waals surface area (Å²) in [5.74, 6) is -0.668. The molecule has 0 bridgehead atoms. The lowest BCUT2D eigenvalue weighted by Crippen LogP contribution is -2.38. The van der Waals surface area contributed by atoms with Gasteiger partial charge in [0.1, 0.15) is 5.01 Å². The summed E-state index contributed by atoms with van der Waals surface area (Å²) in [4.78, 5) is 31.3. The molecule has 2 aromatic rings. The number of hydrogen-bond donors (Lipinski definition) is 0. The maximum Gasteiger partial charge on any atom is 0.358 e. The van der Waals surface area contributed by atoms with Gasteiger partial charge in [-0.3, -0.25) is 4.79 Å². The molecule has 1 aliphatic heterocycles. The number of carbonyl (C=O) groups excluding carboxylic acids is 2. The number of nitrogens with zero attached hydrogens (tertiary/aromatic N) is 2. The zero-order valence-electron chi connectivity index (χ0n) is 12.2. The van der Waals surface area contributed by atoms with Gasteiger partial charge in [-0.1, -0.05) is 6.07 Å². The number of rotatable bonds is 4. The number of aromatic nitrogens is 1. The van der Waals surface area contributed by atoms with Gasteiger partial charge in [0.05, 0.1) is 4.88 Å². The molecule has 116 valence electrons. The third-order valence-corrected chi connectivity index (χ3v) is 5.38. The number of amides is 1. The average Bonchev–Trinajstić information content (AvgIpc) is 3.26. The Morgan fingerprint density at radius 3 is 2.77 bits per heavy atom. The molecule has 1 fully saturated rings. The Morgan fingerprint density at radius 2 is 2.09 bits per heavy atom. The van der Waals surface area contributed by atoms with E-state index in [-0.39, 0.29) is 11.6 Å². The average molecular weight is 336 g/mol. The van der Waals surface area contributed by atoms with Crippen molar-refractivity contribution in [2.75, 3.05) is 13.1 Å². The predicted molar refractivity (Wildman–Crippen MR) is 86.1 cm³/mol. The van der Waals surface area contributed by atoms with Gasteiger partial charge in [-0.05, 0) is 31.2 Å². The molecule has 2 aromatic heterocycles. The highest BCUT2D eigenvalue weighted by Crippen LogP contribution is 2.28. The predicted octanol–water partition coefficient (Wildman–Crippen LogP) is 3.04. The van der Waals surface area contributed by atoms with E-state index >= 15 is 0 Å². The first-order chi connectivity index (χ1) is 10.6. The first kappa shape index (κ1) is 15.2. The van der Waals surface area contributed by atoms with Crippen molar-refractivity contribution in [3.8, 4) is 9.88 Å². The van der Waals surface area contributed by atoms with Crippen LogP contribution in [-0.4, -0.2) is 41.0 Å². The molecule has 0 aromatic carbocycles. The molecule has 0 N–H and O–H groups in total. The van der Waals surface area contributed by atoms with Crippen LogP contribution in [0, 0.1) is 0 Å². The van der Waals surface area contributed by atoms with Crippen LogP contribution < -0.4 is 0 Å². The van der Waals surface area contributed by atoms with Gasteiger partial charge in [-0.2, -0.15) is 0 Å². The van der Waals surface area contributed by atoms with E-state index in [1.165, 1.54) is 11.3 Å². The fourth-order valence-corrected chi connectivity index (χ4v) is 3.95. The smallest absolute Gasteiger partial charge is 0.358 e. The summed E-state index contributed by atoms with van der Waals surface area (Å²) < 4.78 is 5.26. The molecular formula is C15H16N2O3S2. The highest BCUT2D eigenvalue weighted by atomic mass is 32.1. The van der Waals surface area contributed by atoms with Crippen LogP contribution >= 0.6 is 22.7 Å². The van der Waals surface area contributed by atoms with Crippen LogP contribution in [0.4, 0.5) is 0 Å². The lowest BCUT2D eigenvalue weighted by atomic mass is 10.3. The summed E-state index contributed by atoms with van der Waals surface area (Å²) in [6.45, 7) is 3.12. The third kappa shape index (κ3) is 3.20. The molecule has 1 saturated heterocycles. The Morgan fingerprint density at radius 1 is 1.32 bits per heavy atom. The SMILES string of the molecule is C[C@@H](OC(=O)c1csc(-c2cccs2)n1)C(=O)N1CCCC1. The van der Waals surface area contributed by atoms with Gasteiger partial charge in [0.25, 0.3) is 5.91 Å². The maximum atomic E-state index is 12.1. The van der Waals surface area contributed by atoms with Crippen LogP contribution in [0.5, 0.6) is 0 Å². The van der Waals surface area contributed by atoms with Gasteiger partial charge in [0.15, 0.2) is 11.8 Å². The van der Waals surface area contributed by atoms with Crippen LogP contribution in [0.3, 0.4) is 0 Å². The van der Waals surface area contributed by atoms with E-state index < -0.39 is 12.1 Å². The van der Waals surface area contributed by atoms with E-state index in [1.807, 2.05) is 17.5 Å². The number of thiazole rings is 1. The summed E-state index contributed by atoms with van der Waals surface area (Å²) in [7, 11) is 0. The molecule has 0 unspecified atom stereocenters. The van der Waals surface area contributed by atoms with Gasteiger partial charge >= 0.3 is 5.97 Å². The van der Waals surface area contributed by atoms with Crippen LogP contribution in [0.15, 0.2) is 22.9 Å². The minimum absolute atomic E-state index is 0.125. The second-order valence-electron chi connectivity index (χ2n) is 5.10. The normalized spacial score (nSPS) is 15.8. The highest BCUT2D eigenvalue weighted by Gasteiger charge is 2.27. The molecule has 1 aliphatic rings. The number of thiophene rings is 1. The summed E-state index contributed by atoms with van der Waals surface area (Å²) >= 11 is 2.97. The van der Waals surface area contributed by atoms with Crippen LogP contribution in [0.25, 0.3) is 9.88 Å². The Bertz CT molecular complexity index is 660. The van der Waals surface area contributed by atoms with Crippen molar-refractivity contribution >= 4 is 34.6 Å². The fraction of sp³-hybridized carbons (Fsp3) is 0.400. The van der Waals surface area contributed by atoms with Crippen LogP contribution in [0.2, 0.25) is 0 Å². The second kappa shape index (κ2) is 6.58. The molecule has 22 heavy (non-hydrogen) atoms. The lowest BCUT2D eigenvalue weighted by molar-refractivity contribution is -0.138. The number of esters is 1. The number of hydrogen-bond acceptors (Lipinski definition) is 6. The first-order valence-electron chi connectivity index (χ1n) is 7.14. The van der Waals surface area contributed by atoms with E-state index in [9.17, 15) is 9.59 Å². The summed E-state index contributed by atoms with van der Waals surface area (Å²) in [5.41, 5.74) is 0.259. The van der Waals surface area contributed by atoms with Gasteiger partial charge in [-0.25, -0.2) is 9.78 Å². The van der Waals surface area contributed by atoms with Crippen molar-refractivity contribution in [2.24, 2.45) is 0 Å². The third-order valence-electron chi connectivity index (χ3n) is 3.49. The minimum Gasteiger partial charge on any atom is -0.448 e.